The van der Waals surface area contributed by atoms with Crippen LogP contribution in [0.5, 0.6) is 0 Å². The van der Waals surface area contributed by atoms with Gasteiger partial charge in [-0.05, 0) is 43.4 Å². The molecule has 0 spiro atoms. The molecule has 0 N–H and O–H groups in total. The largest absolute Gasteiger partial charge is 0.0654 e. The Hall–Kier alpha value is 0. The minimum absolute atomic E-state index is 0.784. The van der Waals surface area contributed by atoms with Crippen molar-refractivity contribution in [3.63, 3.8) is 0 Å². The van der Waals surface area contributed by atoms with E-state index in [4.69, 9.17) is 0 Å². The van der Waals surface area contributed by atoms with E-state index in [9.17, 15) is 0 Å². The van der Waals surface area contributed by atoms with Crippen LogP contribution in [0.1, 0.15) is 103 Å². The highest BCUT2D eigenvalue weighted by atomic mass is 14.4. The number of hydrogen-bond donors (Lipinski definition) is 0. The first-order chi connectivity index (χ1) is 8.87. The van der Waals surface area contributed by atoms with Crippen LogP contribution in [0.25, 0.3) is 0 Å². The van der Waals surface area contributed by atoms with Crippen LogP contribution in [0.2, 0.25) is 0 Å². The highest BCUT2D eigenvalue weighted by Crippen LogP contribution is 2.50. The molecule has 0 bridgehead atoms. The highest BCUT2D eigenvalue weighted by Gasteiger charge is 2.38. The first kappa shape index (κ1) is 14.4. The maximum Gasteiger partial charge on any atom is -0.0269 e. The smallest absolute Gasteiger partial charge is 0.0269 e. The van der Waals surface area contributed by atoms with E-state index in [1.54, 1.807) is 32.1 Å². The molecule has 0 aliphatic heterocycles. The molecule has 18 heavy (non-hydrogen) atoms. The predicted molar refractivity (Wildman–Crippen MR) is 80.9 cm³/mol. The fraction of sp³-hybridized carbons (Fsp3) is 1.00. The van der Waals surface area contributed by atoms with E-state index in [1.165, 1.54) is 64.2 Å². The first-order valence-electron chi connectivity index (χ1n) is 8.87. The number of rotatable bonds is 5. The predicted octanol–water partition coefficient (Wildman–Crippen LogP) is 6.49. The van der Waals surface area contributed by atoms with Crippen molar-refractivity contribution in [2.24, 2.45) is 11.3 Å². The van der Waals surface area contributed by atoms with Crippen LogP contribution in [0.4, 0.5) is 0 Å². The summed E-state index contributed by atoms with van der Waals surface area (Å²) in [5, 5.41) is 0. The molecule has 2 saturated carbocycles. The molecule has 0 unspecified atom stereocenters. The summed E-state index contributed by atoms with van der Waals surface area (Å²) in [6, 6.07) is 0. The van der Waals surface area contributed by atoms with Crippen molar-refractivity contribution in [1.82, 2.24) is 0 Å². The van der Waals surface area contributed by atoms with Gasteiger partial charge in [0.25, 0.3) is 0 Å². The summed E-state index contributed by atoms with van der Waals surface area (Å²) >= 11 is 0. The van der Waals surface area contributed by atoms with Gasteiger partial charge in [-0.25, -0.2) is 0 Å². The van der Waals surface area contributed by atoms with E-state index in [-0.39, 0.29) is 0 Å². The SMILES string of the molecule is CCCCCC1(C2CCCCC2)CCCCCC1. The summed E-state index contributed by atoms with van der Waals surface area (Å²) in [7, 11) is 0. The first-order valence-corrected chi connectivity index (χ1v) is 8.87. The quantitative estimate of drug-likeness (QED) is 0.386. The zero-order valence-electron chi connectivity index (χ0n) is 12.7. The maximum absolute atomic E-state index is 2.35. The van der Waals surface area contributed by atoms with Crippen LogP contribution in [-0.2, 0) is 0 Å². The summed E-state index contributed by atoms with van der Waals surface area (Å²) in [5.41, 5.74) is 0.784. The van der Waals surface area contributed by atoms with E-state index in [0.29, 0.717) is 0 Å². The maximum atomic E-state index is 2.35. The van der Waals surface area contributed by atoms with Crippen molar-refractivity contribution in [1.29, 1.82) is 0 Å². The molecule has 0 aromatic rings. The Morgan fingerprint density at radius 3 is 2.00 bits per heavy atom. The Bertz CT molecular complexity index is 204. The lowest BCUT2D eigenvalue weighted by Gasteiger charge is -2.43. The van der Waals surface area contributed by atoms with Gasteiger partial charge in [0.2, 0.25) is 0 Å². The van der Waals surface area contributed by atoms with Crippen molar-refractivity contribution in [3.05, 3.63) is 0 Å². The molecule has 106 valence electrons. The molecule has 2 rings (SSSR count). The van der Waals surface area contributed by atoms with Crippen LogP contribution in [0.3, 0.4) is 0 Å². The Kier molecular flexibility index (Phi) is 6.05. The normalized spacial score (nSPS) is 25.8. The Balaban J connectivity index is 1.98. The molecule has 0 atom stereocenters. The second-order valence-electron chi connectivity index (χ2n) is 7.07. The lowest BCUT2D eigenvalue weighted by atomic mass is 9.62. The van der Waals surface area contributed by atoms with Crippen molar-refractivity contribution in [3.8, 4) is 0 Å². The number of hydrogen-bond acceptors (Lipinski definition) is 0. The van der Waals surface area contributed by atoms with Gasteiger partial charge in [0.05, 0.1) is 0 Å². The van der Waals surface area contributed by atoms with E-state index < -0.39 is 0 Å². The molecule has 0 aromatic heterocycles. The van der Waals surface area contributed by atoms with Crippen molar-refractivity contribution < 1.29 is 0 Å². The lowest BCUT2D eigenvalue weighted by Crippen LogP contribution is -2.32. The van der Waals surface area contributed by atoms with Crippen LogP contribution >= 0.6 is 0 Å². The van der Waals surface area contributed by atoms with Gasteiger partial charge in [-0.15, -0.1) is 0 Å². The molecule has 0 nitrogen and oxygen atoms in total. The van der Waals surface area contributed by atoms with Gasteiger partial charge in [0.1, 0.15) is 0 Å². The summed E-state index contributed by atoms with van der Waals surface area (Å²) in [5.74, 6) is 1.10. The van der Waals surface area contributed by atoms with Gasteiger partial charge >= 0.3 is 0 Å². The van der Waals surface area contributed by atoms with Gasteiger partial charge in [-0.2, -0.15) is 0 Å². The molecular formula is C18H34. The van der Waals surface area contributed by atoms with Crippen molar-refractivity contribution in [2.75, 3.05) is 0 Å². The second kappa shape index (κ2) is 7.56. The zero-order chi connectivity index (χ0) is 12.7. The van der Waals surface area contributed by atoms with Gasteiger partial charge in [-0.1, -0.05) is 71.1 Å². The molecule has 0 saturated heterocycles. The number of unbranched alkanes of at least 4 members (excludes halogenated alkanes) is 2. The van der Waals surface area contributed by atoms with Gasteiger partial charge in [0.15, 0.2) is 0 Å². The summed E-state index contributed by atoms with van der Waals surface area (Å²) in [6.45, 7) is 2.35. The van der Waals surface area contributed by atoms with E-state index in [1.807, 2.05) is 0 Å². The second-order valence-corrected chi connectivity index (χ2v) is 7.07. The topological polar surface area (TPSA) is 0 Å². The third kappa shape index (κ3) is 3.75. The fourth-order valence-corrected chi connectivity index (χ4v) is 4.74. The van der Waals surface area contributed by atoms with E-state index >= 15 is 0 Å². The standard InChI is InChI=1S/C18H34/c1-2-3-9-14-18(15-10-4-5-11-16-18)17-12-7-6-8-13-17/h17H,2-16H2,1H3. The van der Waals surface area contributed by atoms with E-state index in [2.05, 4.69) is 6.92 Å². The van der Waals surface area contributed by atoms with Gasteiger partial charge in [0, 0.05) is 0 Å². The molecule has 0 aromatic carbocycles. The Labute approximate surface area is 115 Å². The van der Waals surface area contributed by atoms with Crippen LogP contribution in [-0.4, -0.2) is 0 Å². The monoisotopic (exact) mass is 250 g/mol. The van der Waals surface area contributed by atoms with Crippen LogP contribution < -0.4 is 0 Å². The highest BCUT2D eigenvalue weighted by molar-refractivity contribution is 4.89. The lowest BCUT2D eigenvalue weighted by molar-refractivity contribution is 0.0802. The van der Waals surface area contributed by atoms with E-state index in [0.717, 1.165) is 11.3 Å². The van der Waals surface area contributed by atoms with Gasteiger partial charge < -0.3 is 0 Å². The molecule has 2 aliphatic carbocycles. The minimum atomic E-state index is 0.784. The van der Waals surface area contributed by atoms with Crippen molar-refractivity contribution in [2.45, 2.75) is 103 Å². The molecule has 0 heterocycles. The average Bonchev–Trinajstić information content (AvgIpc) is 2.67. The molecule has 0 heteroatoms. The minimum Gasteiger partial charge on any atom is -0.0654 e. The average molecular weight is 250 g/mol. The summed E-state index contributed by atoms with van der Waals surface area (Å²) in [6.07, 6.45) is 22.9. The van der Waals surface area contributed by atoms with Crippen molar-refractivity contribution >= 4 is 0 Å². The zero-order valence-corrected chi connectivity index (χ0v) is 12.7. The molecule has 2 aliphatic rings. The van der Waals surface area contributed by atoms with Crippen LogP contribution in [0, 0.1) is 11.3 Å². The molecule has 0 amide bonds. The third-order valence-electron chi connectivity index (χ3n) is 5.85. The Morgan fingerprint density at radius 1 is 0.778 bits per heavy atom. The fourth-order valence-electron chi connectivity index (χ4n) is 4.74. The summed E-state index contributed by atoms with van der Waals surface area (Å²) in [4.78, 5) is 0. The summed E-state index contributed by atoms with van der Waals surface area (Å²) < 4.78 is 0. The van der Waals surface area contributed by atoms with Gasteiger partial charge in [-0.3, -0.25) is 0 Å². The third-order valence-corrected chi connectivity index (χ3v) is 5.85. The molecule has 0 radical (unpaired) electrons. The van der Waals surface area contributed by atoms with Crippen LogP contribution in [0.15, 0.2) is 0 Å². The molecule has 2 fully saturated rings. The Morgan fingerprint density at radius 2 is 1.39 bits per heavy atom. The molecular weight excluding hydrogens is 216 g/mol.